The van der Waals surface area contributed by atoms with E-state index < -0.39 is 0 Å². The van der Waals surface area contributed by atoms with Gasteiger partial charge in [0.25, 0.3) is 0 Å². The van der Waals surface area contributed by atoms with Gasteiger partial charge in [0.2, 0.25) is 0 Å². The lowest BCUT2D eigenvalue weighted by Crippen LogP contribution is -2.39. The van der Waals surface area contributed by atoms with Crippen molar-refractivity contribution in [1.82, 2.24) is 5.32 Å². The van der Waals surface area contributed by atoms with Crippen LogP contribution in [0.2, 0.25) is 0 Å². The van der Waals surface area contributed by atoms with Crippen LogP contribution in [0.3, 0.4) is 0 Å². The molecule has 0 aromatic heterocycles. The normalized spacial score (nSPS) is 24.1. The van der Waals surface area contributed by atoms with Gasteiger partial charge < -0.3 is 15.5 Å². The van der Waals surface area contributed by atoms with E-state index in [1.165, 1.54) is 12.8 Å². The summed E-state index contributed by atoms with van der Waals surface area (Å²) in [5, 5.41) is 22.8. The molecule has 0 radical (unpaired) electrons. The number of benzene rings is 1. The van der Waals surface area contributed by atoms with E-state index in [9.17, 15) is 10.2 Å². The van der Waals surface area contributed by atoms with Crippen LogP contribution in [0.1, 0.15) is 36.8 Å². The zero-order valence-corrected chi connectivity index (χ0v) is 11.0. The summed E-state index contributed by atoms with van der Waals surface area (Å²) in [4.78, 5) is 0. The number of aromatic hydroxyl groups is 1. The van der Waals surface area contributed by atoms with E-state index in [4.69, 9.17) is 0 Å². The van der Waals surface area contributed by atoms with Gasteiger partial charge in [0.15, 0.2) is 0 Å². The summed E-state index contributed by atoms with van der Waals surface area (Å²) in [6, 6.07) is 6.21. The molecule has 0 spiro atoms. The molecule has 0 bridgehead atoms. The van der Waals surface area contributed by atoms with Gasteiger partial charge >= 0.3 is 0 Å². The van der Waals surface area contributed by atoms with Crippen LogP contribution in [-0.2, 0) is 6.54 Å². The first-order valence-electron chi connectivity index (χ1n) is 6.84. The first kappa shape index (κ1) is 13.4. The first-order valence-corrected chi connectivity index (χ1v) is 6.84. The minimum absolute atomic E-state index is 0.261. The van der Waals surface area contributed by atoms with Crippen molar-refractivity contribution in [2.24, 2.45) is 5.92 Å². The fraction of sp³-hybridized carbons (Fsp3) is 0.600. The molecule has 1 aromatic carbocycles. The standard InChI is InChI=1S/C15H23NO2/c1-11-5-4-7-12(15(11)18)9-16-14-8-3-2-6-13(14)10-17/h4-5,7,13-14,16-18H,2-3,6,8-10H2,1H3. The predicted octanol–water partition coefficient (Wildman–Crippen LogP) is 2.34. The molecule has 2 atom stereocenters. The summed E-state index contributed by atoms with van der Waals surface area (Å²) in [5.74, 6) is 0.757. The Morgan fingerprint density at radius 3 is 2.83 bits per heavy atom. The molecule has 2 rings (SSSR count). The van der Waals surface area contributed by atoms with Crippen LogP contribution in [0.15, 0.2) is 18.2 Å². The molecule has 2 unspecified atom stereocenters. The first-order chi connectivity index (χ1) is 8.72. The number of rotatable bonds is 4. The smallest absolute Gasteiger partial charge is 0.122 e. The van der Waals surface area contributed by atoms with Crippen LogP contribution >= 0.6 is 0 Å². The molecule has 1 fully saturated rings. The Labute approximate surface area is 109 Å². The topological polar surface area (TPSA) is 52.5 Å². The summed E-state index contributed by atoms with van der Waals surface area (Å²) in [5.41, 5.74) is 1.86. The Hall–Kier alpha value is -1.06. The summed E-state index contributed by atoms with van der Waals surface area (Å²) >= 11 is 0. The Bertz CT molecular complexity index is 392. The van der Waals surface area contributed by atoms with Crippen LogP contribution in [-0.4, -0.2) is 22.9 Å². The number of hydrogen-bond acceptors (Lipinski definition) is 3. The van der Waals surface area contributed by atoms with E-state index in [2.05, 4.69) is 5.32 Å². The third-order valence-corrected chi connectivity index (χ3v) is 4.02. The lowest BCUT2D eigenvalue weighted by molar-refractivity contribution is 0.152. The van der Waals surface area contributed by atoms with Crippen molar-refractivity contribution in [1.29, 1.82) is 0 Å². The maximum absolute atomic E-state index is 9.96. The second-order valence-corrected chi connectivity index (χ2v) is 5.30. The molecule has 100 valence electrons. The zero-order chi connectivity index (χ0) is 13.0. The van der Waals surface area contributed by atoms with E-state index in [-0.39, 0.29) is 6.61 Å². The lowest BCUT2D eigenvalue weighted by Gasteiger charge is -2.31. The van der Waals surface area contributed by atoms with Crippen molar-refractivity contribution in [3.05, 3.63) is 29.3 Å². The number of aryl methyl sites for hydroxylation is 1. The minimum Gasteiger partial charge on any atom is -0.507 e. The minimum atomic E-state index is 0.261. The SMILES string of the molecule is Cc1cccc(CNC2CCCCC2CO)c1O. The Kier molecular flexibility index (Phi) is 4.61. The monoisotopic (exact) mass is 249 g/mol. The van der Waals surface area contributed by atoms with Gasteiger partial charge in [-0.1, -0.05) is 31.0 Å². The van der Waals surface area contributed by atoms with Crippen molar-refractivity contribution >= 4 is 0 Å². The van der Waals surface area contributed by atoms with Crippen LogP contribution in [0, 0.1) is 12.8 Å². The van der Waals surface area contributed by atoms with Gasteiger partial charge in [0.05, 0.1) is 0 Å². The number of phenolic OH excluding ortho intramolecular Hbond substituents is 1. The number of aliphatic hydroxyl groups excluding tert-OH is 1. The molecule has 1 aromatic rings. The summed E-state index contributed by atoms with van der Waals surface area (Å²) in [7, 11) is 0. The van der Waals surface area contributed by atoms with E-state index in [1.807, 2.05) is 25.1 Å². The highest BCUT2D eigenvalue weighted by Crippen LogP contribution is 2.26. The van der Waals surface area contributed by atoms with Gasteiger partial charge in [-0.05, 0) is 31.2 Å². The molecule has 1 saturated carbocycles. The molecule has 0 saturated heterocycles. The average Bonchev–Trinajstić information content (AvgIpc) is 2.41. The predicted molar refractivity (Wildman–Crippen MR) is 72.5 cm³/mol. The molecule has 18 heavy (non-hydrogen) atoms. The van der Waals surface area contributed by atoms with Gasteiger partial charge in [-0.15, -0.1) is 0 Å². The quantitative estimate of drug-likeness (QED) is 0.767. The fourth-order valence-electron chi connectivity index (χ4n) is 2.80. The highest BCUT2D eigenvalue weighted by molar-refractivity contribution is 5.39. The van der Waals surface area contributed by atoms with Gasteiger partial charge in [-0.25, -0.2) is 0 Å². The van der Waals surface area contributed by atoms with E-state index >= 15 is 0 Å². The molecule has 1 aliphatic carbocycles. The summed E-state index contributed by atoms with van der Waals surface area (Å²) < 4.78 is 0. The largest absolute Gasteiger partial charge is 0.507 e. The third-order valence-electron chi connectivity index (χ3n) is 4.02. The van der Waals surface area contributed by atoms with E-state index in [0.29, 0.717) is 24.3 Å². The zero-order valence-electron chi connectivity index (χ0n) is 11.0. The molecule has 0 amide bonds. The lowest BCUT2D eigenvalue weighted by atomic mass is 9.85. The van der Waals surface area contributed by atoms with Crippen LogP contribution < -0.4 is 5.32 Å². The molecule has 0 aliphatic heterocycles. The van der Waals surface area contributed by atoms with Crippen molar-refractivity contribution in [2.45, 2.75) is 45.2 Å². The highest BCUT2D eigenvalue weighted by atomic mass is 16.3. The van der Waals surface area contributed by atoms with Crippen LogP contribution in [0.5, 0.6) is 5.75 Å². The molecule has 3 N–H and O–H groups in total. The van der Waals surface area contributed by atoms with Crippen molar-refractivity contribution in [2.75, 3.05) is 6.61 Å². The van der Waals surface area contributed by atoms with E-state index in [1.54, 1.807) is 0 Å². The second-order valence-electron chi connectivity index (χ2n) is 5.30. The molecular weight excluding hydrogens is 226 g/mol. The number of nitrogens with one attached hydrogen (secondary N) is 1. The summed E-state index contributed by atoms with van der Waals surface area (Å²) in [6.45, 7) is 2.85. The van der Waals surface area contributed by atoms with Crippen LogP contribution in [0.25, 0.3) is 0 Å². The molecular formula is C15H23NO2. The Balaban J connectivity index is 1.96. The van der Waals surface area contributed by atoms with Crippen molar-refractivity contribution < 1.29 is 10.2 Å². The van der Waals surface area contributed by atoms with Gasteiger partial charge in [-0.2, -0.15) is 0 Å². The third kappa shape index (κ3) is 3.03. The molecule has 3 heteroatoms. The maximum atomic E-state index is 9.96. The second kappa shape index (κ2) is 6.21. The van der Waals surface area contributed by atoms with Gasteiger partial charge in [-0.3, -0.25) is 0 Å². The number of hydrogen-bond donors (Lipinski definition) is 3. The highest BCUT2D eigenvalue weighted by Gasteiger charge is 2.23. The van der Waals surface area contributed by atoms with Crippen molar-refractivity contribution in [3.63, 3.8) is 0 Å². The van der Waals surface area contributed by atoms with Gasteiger partial charge in [0.1, 0.15) is 5.75 Å². The Morgan fingerprint density at radius 2 is 2.06 bits per heavy atom. The Morgan fingerprint density at radius 1 is 1.28 bits per heavy atom. The number of aliphatic hydroxyl groups is 1. The van der Waals surface area contributed by atoms with Crippen LogP contribution in [0.4, 0.5) is 0 Å². The molecule has 3 nitrogen and oxygen atoms in total. The van der Waals surface area contributed by atoms with Gasteiger partial charge in [0, 0.05) is 24.8 Å². The summed E-state index contributed by atoms with van der Waals surface area (Å²) in [6.07, 6.45) is 4.68. The number of phenols is 1. The number of para-hydroxylation sites is 1. The maximum Gasteiger partial charge on any atom is 0.122 e. The molecule has 0 heterocycles. The molecule has 1 aliphatic rings. The van der Waals surface area contributed by atoms with Crippen molar-refractivity contribution in [3.8, 4) is 5.75 Å². The fourth-order valence-corrected chi connectivity index (χ4v) is 2.80. The average molecular weight is 249 g/mol. The van der Waals surface area contributed by atoms with E-state index in [0.717, 1.165) is 24.0 Å².